The van der Waals surface area contributed by atoms with Gasteiger partial charge < -0.3 is 14.6 Å². The zero-order valence-electron chi connectivity index (χ0n) is 6.80. The SMILES string of the molecule is COc1ccc(F)c(OC)c1O. The van der Waals surface area contributed by atoms with Gasteiger partial charge in [0.1, 0.15) is 0 Å². The fraction of sp³-hybridized carbons (Fsp3) is 0.250. The molecule has 1 N–H and O–H groups in total. The van der Waals surface area contributed by atoms with E-state index in [0.717, 1.165) is 6.07 Å². The molecule has 0 aliphatic heterocycles. The van der Waals surface area contributed by atoms with E-state index in [-0.39, 0.29) is 17.2 Å². The Morgan fingerprint density at radius 1 is 1.25 bits per heavy atom. The quantitative estimate of drug-likeness (QED) is 0.735. The number of hydrogen-bond donors (Lipinski definition) is 1. The van der Waals surface area contributed by atoms with Gasteiger partial charge in [-0.1, -0.05) is 0 Å². The molecule has 0 heterocycles. The molecule has 0 bridgehead atoms. The molecule has 0 amide bonds. The Hall–Kier alpha value is -1.45. The Morgan fingerprint density at radius 2 is 1.92 bits per heavy atom. The largest absolute Gasteiger partial charge is 0.502 e. The lowest BCUT2D eigenvalue weighted by molar-refractivity contribution is 0.325. The van der Waals surface area contributed by atoms with Crippen molar-refractivity contribution in [2.24, 2.45) is 0 Å². The summed E-state index contributed by atoms with van der Waals surface area (Å²) in [5.74, 6) is -0.946. The number of phenolic OH excluding ortho intramolecular Hbond substituents is 1. The third-order valence-corrected chi connectivity index (χ3v) is 1.47. The minimum atomic E-state index is -0.615. The van der Waals surface area contributed by atoms with Crippen molar-refractivity contribution in [3.05, 3.63) is 17.9 Å². The summed E-state index contributed by atoms with van der Waals surface area (Å²) in [7, 11) is 2.66. The van der Waals surface area contributed by atoms with Crippen molar-refractivity contribution < 1.29 is 19.0 Å². The standard InChI is InChI=1S/C8H9FO3/c1-11-6-4-3-5(9)8(12-2)7(6)10/h3-4,10H,1-2H3. The van der Waals surface area contributed by atoms with E-state index in [0.29, 0.717) is 0 Å². The number of ether oxygens (including phenoxy) is 2. The van der Waals surface area contributed by atoms with E-state index in [2.05, 4.69) is 4.74 Å². The van der Waals surface area contributed by atoms with Gasteiger partial charge in [0.25, 0.3) is 0 Å². The van der Waals surface area contributed by atoms with Crippen molar-refractivity contribution in [1.82, 2.24) is 0 Å². The summed E-state index contributed by atoms with van der Waals surface area (Å²) in [4.78, 5) is 0. The van der Waals surface area contributed by atoms with Crippen LogP contribution in [0.3, 0.4) is 0 Å². The Labute approximate surface area is 69.3 Å². The number of phenols is 1. The molecule has 0 saturated carbocycles. The number of rotatable bonds is 2. The van der Waals surface area contributed by atoms with E-state index in [1.54, 1.807) is 0 Å². The van der Waals surface area contributed by atoms with Crippen molar-refractivity contribution >= 4 is 0 Å². The van der Waals surface area contributed by atoms with Crippen molar-refractivity contribution in [2.45, 2.75) is 0 Å². The number of aromatic hydroxyl groups is 1. The highest BCUT2D eigenvalue weighted by Crippen LogP contribution is 2.37. The molecule has 0 saturated heterocycles. The van der Waals surface area contributed by atoms with Crippen LogP contribution < -0.4 is 9.47 Å². The molecule has 0 unspecified atom stereocenters. The second kappa shape index (κ2) is 3.30. The van der Waals surface area contributed by atoms with Crippen LogP contribution in [-0.2, 0) is 0 Å². The van der Waals surface area contributed by atoms with Gasteiger partial charge in [-0.15, -0.1) is 0 Å². The van der Waals surface area contributed by atoms with Gasteiger partial charge in [-0.05, 0) is 12.1 Å². The Morgan fingerprint density at radius 3 is 2.42 bits per heavy atom. The molecule has 12 heavy (non-hydrogen) atoms. The molecular formula is C8H9FO3. The third kappa shape index (κ3) is 1.28. The number of halogens is 1. The van der Waals surface area contributed by atoms with Gasteiger partial charge in [0.15, 0.2) is 11.6 Å². The van der Waals surface area contributed by atoms with Crippen LogP contribution >= 0.6 is 0 Å². The van der Waals surface area contributed by atoms with Crippen LogP contribution in [0.4, 0.5) is 4.39 Å². The molecule has 3 nitrogen and oxygen atoms in total. The van der Waals surface area contributed by atoms with Gasteiger partial charge in [0.05, 0.1) is 14.2 Å². The first kappa shape index (κ1) is 8.64. The van der Waals surface area contributed by atoms with E-state index in [9.17, 15) is 9.50 Å². The maximum atomic E-state index is 12.8. The molecule has 0 atom stereocenters. The summed E-state index contributed by atoms with van der Waals surface area (Å²) < 4.78 is 22.2. The molecule has 0 aliphatic carbocycles. The Bertz CT molecular complexity index is 286. The lowest BCUT2D eigenvalue weighted by Gasteiger charge is -2.07. The predicted octanol–water partition coefficient (Wildman–Crippen LogP) is 1.55. The van der Waals surface area contributed by atoms with Crippen LogP contribution in [0.5, 0.6) is 17.2 Å². The van der Waals surface area contributed by atoms with Gasteiger partial charge in [-0.2, -0.15) is 0 Å². The molecule has 0 aromatic heterocycles. The third-order valence-electron chi connectivity index (χ3n) is 1.47. The summed E-state index contributed by atoms with van der Waals surface area (Å²) in [5.41, 5.74) is 0. The number of hydrogen-bond acceptors (Lipinski definition) is 3. The number of methoxy groups -OCH3 is 2. The molecular weight excluding hydrogens is 163 g/mol. The minimum absolute atomic E-state index is 0.188. The van der Waals surface area contributed by atoms with Gasteiger partial charge in [-0.25, -0.2) is 4.39 Å². The molecule has 1 aromatic rings. The van der Waals surface area contributed by atoms with E-state index in [4.69, 9.17) is 4.74 Å². The van der Waals surface area contributed by atoms with Crippen LogP contribution in [0, 0.1) is 5.82 Å². The molecule has 0 fully saturated rings. The van der Waals surface area contributed by atoms with E-state index in [1.807, 2.05) is 0 Å². The van der Waals surface area contributed by atoms with Crippen LogP contribution in [0.1, 0.15) is 0 Å². The Balaban J connectivity index is 3.24. The van der Waals surface area contributed by atoms with Crippen molar-refractivity contribution in [3.63, 3.8) is 0 Å². The summed E-state index contributed by atoms with van der Waals surface area (Å²) in [6.07, 6.45) is 0. The first-order valence-corrected chi connectivity index (χ1v) is 3.30. The normalized spacial score (nSPS) is 9.58. The highest BCUT2D eigenvalue weighted by atomic mass is 19.1. The summed E-state index contributed by atoms with van der Waals surface area (Å²) in [5, 5.41) is 9.28. The second-order valence-electron chi connectivity index (χ2n) is 2.13. The topological polar surface area (TPSA) is 38.7 Å². The molecule has 1 aromatic carbocycles. The second-order valence-corrected chi connectivity index (χ2v) is 2.13. The molecule has 0 spiro atoms. The molecule has 1 rings (SSSR count). The predicted molar refractivity (Wildman–Crippen MR) is 41.2 cm³/mol. The van der Waals surface area contributed by atoms with Crippen LogP contribution in [0.25, 0.3) is 0 Å². The van der Waals surface area contributed by atoms with E-state index in [1.165, 1.54) is 20.3 Å². The number of benzene rings is 1. The zero-order chi connectivity index (χ0) is 9.14. The van der Waals surface area contributed by atoms with Gasteiger partial charge in [0.2, 0.25) is 11.5 Å². The molecule has 0 radical (unpaired) electrons. The highest BCUT2D eigenvalue weighted by Gasteiger charge is 2.12. The van der Waals surface area contributed by atoms with Crippen molar-refractivity contribution in [3.8, 4) is 17.2 Å². The summed E-state index contributed by atoms with van der Waals surface area (Å²) >= 11 is 0. The molecule has 0 aliphatic rings. The fourth-order valence-corrected chi connectivity index (χ4v) is 0.887. The molecule has 66 valence electrons. The van der Waals surface area contributed by atoms with Crippen LogP contribution in [0.15, 0.2) is 12.1 Å². The first-order valence-electron chi connectivity index (χ1n) is 3.30. The minimum Gasteiger partial charge on any atom is -0.502 e. The zero-order valence-corrected chi connectivity index (χ0v) is 6.80. The van der Waals surface area contributed by atoms with E-state index >= 15 is 0 Å². The highest BCUT2D eigenvalue weighted by molar-refractivity contribution is 5.50. The van der Waals surface area contributed by atoms with Crippen LogP contribution in [0.2, 0.25) is 0 Å². The summed E-state index contributed by atoms with van der Waals surface area (Å²) in [6.45, 7) is 0. The molecule has 4 heteroatoms. The van der Waals surface area contributed by atoms with Crippen LogP contribution in [-0.4, -0.2) is 19.3 Å². The fourth-order valence-electron chi connectivity index (χ4n) is 0.887. The van der Waals surface area contributed by atoms with Gasteiger partial charge in [-0.3, -0.25) is 0 Å². The summed E-state index contributed by atoms with van der Waals surface area (Å²) in [6, 6.07) is 2.49. The van der Waals surface area contributed by atoms with Crippen molar-refractivity contribution in [1.29, 1.82) is 0 Å². The maximum Gasteiger partial charge on any atom is 0.203 e. The lowest BCUT2D eigenvalue weighted by atomic mass is 10.3. The lowest BCUT2D eigenvalue weighted by Crippen LogP contribution is -1.91. The van der Waals surface area contributed by atoms with Gasteiger partial charge >= 0.3 is 0 Å². The Kier molecular flexibility index (Phi) is 2.38. The maximum absolute atomic E-state index is 12.8. The van der Waals surface area contributed by atoms with E-state index < -0.39 is 5.82 Å². The average Bonchev–Trinajstić information content (AvgIpc) is 2.06. The van der Waals surface area contributed by atoms with Crippen molar-refractivity contribution in [2.75, 3.05) is 14.2 Å². The average molecular weight is 172 g/mol. The van der Waals surface area contributed by atoms with Gasteiger partial charge in [0, 0.05) is 0 Å². The monoisotopic (exact) mass is 172 g/mol. The smallest absolute Gasteiger partial charge is 0.203 e. The first-order chi connectivity index (χ1) is 5.70.